The van der Waals surface area contributed by atoms with Crippen molar-refractivity contribution in [3.05, 3.63) is 99.6 Å². The third-order valence-electron chi connectivity index (χ3n) is 9.47. The van der Waals surface area contributed by atoms with E-state index in [0.29, 0.717) is 5.92 Å². The van der Waals surface area contributed by atoms with E-state index in [1.54, 1.807) is 0 Å². The van der Waals surface area contributed by atoms with Gasteiger partial charge in [0.05, 0.1) is 16.1 Å². The molecule has 1 unspecified atom stereocenters. The van der Waals surface area contributed by atoms with Gasteiger partial charge in [0.2, 0.25) is 5.52 Å². The fourth-order valence-corrected chi connectivity index (χ4v) is 10.5. The van der Waals surface area contributed by atoms with Gasteiger partial charge in [-0.2, -0.15) is 4.57 Å². The maximum absolute atomic E-state index is 2.53. The number of thioether (sulfide) groups is 2. The third kappa shape index (κ3) is 4.88. The Kier molecular flexibility index (Phi) is 7.09. The van der Waals surface area contributed by atoms with Crippen LogP contribution in [0.2, 0.25) is 0 Å². The van der Waals surface area contributed by atoms with E-state index in [9.17, 15) is 0 Å². The maximum atomic E-state index is 2.53. The van der Waals surface area contributed by atoms with E-state index in [0.717, 1.165) is 11.8 Å². The van der Waals surface area contributed by atoms with Gasteiger partial charge in [-0.05, 0) is 110 Å². The molecule has 4 aliphatic rings. The summed E-state index contributed by atoms with van der Waals surface area (Å²) >= 11 is 5.94. The molecule has 212 valence electrons. The molecule has 0 spiro atoms. The molecule has 0 saturated heterocycles. The average Bonchev–Trinajstić information content (AvgIpc) is 3.50. The zero-order chi connectivity index (χ0) is 28.2. The predicted octanol–water partition coefficient (Wildman–Crippen LogP) is 10.4. The topological polar surface area (TPSA) is 7.12 Å². The van der Waals surface area contributed by atoms with Gasteiger partial charge < -0.3 is 4.90 Å². The van der Waals surface area contributed by atoms with Crippen LogP contribution in [0.3, 0.4) is 0 Å². The predicted molar refractivity (Wildman–Crippen MR) is 184 cm³/mol. The van der Waals surface area contributed by atoms with Crippen molar-refractivity contribution in [1.29, 1.82) is 0 Å². The second kappa shape index (κ2) is 11.1. The van der Waals surface area contributed by atoms with E-state index in [4.69, 9.17) is 0 Å². The van der Waals surface area contributed by atoms with Crippen LogP contribution in [0.1, 0.15) is 56.9 Å². The molecule has 2 nitrogen and oxygen atoms in total. The molecule has 8 rings (SSSR count). The largest absolute Gasteiger partial charge is 0.335 e. The fraction of sp³-hybridized carbons (Fsp3) is 0.324. The zero-order valence-electron chi connectivity index (χ0n) is 24.4. The number of anilines is 1. The van der Waals surface area contributed by atoms with Crippen molar-refractivity contribution in [2.24, 2.45) is 13.0 Å². The number of thiazole rings is 1. The van der Waals surface area contributed by atoms with Gasteiger partial charge in [-0.3, -0.25) is 0 Å². The number of hydrogen-bond acceptors (Lipinski definition) is 4. The molecule has 0 radical (unpaired) electrons. The lowest BCUT2D eigenvalue weighted by Crippen LogP contribution is -2.29. The molecular formula is C37H37N2S3+. The van der Waals surface area contributed by atoms with E-state index >= 15 is 0 Å². The summed E-state index contributed by atoms with van der Waals surface area (Å²) in [5.41, 5.74) is 7.23. The number of hydrogen-bond donors (Lipinski definition) is 0. The molecule has 42 heavy (non-hydrogen) atoms. The van der Waals surface area contributed by atoms with E-state index in [-0.39, 0.29) is 0 Å². The van der Waals surface area contributed by atoms with Crippen molar-refractivity contribution in [3.8, 4) is 0 Å². The highest BCUT2D eigenvalue weighted by Gasteiger charge is 2.28. The summed E-state index contributed by atoms with van der Waals surface area (Å²) in [5, 5.41) is 6.20. The summed E-state index contributed by atoms with van der Waals surface area (Å²) in [6.07, 6.45) is 19.0. The van der Waals surface area contributed by atoms with Crippen LogP contribution >= 0.6 is 34.9 Å². The van der Waals surface area contributed by atoms with Gasteiger partial charge in [-0.25, -0.2) is 0 Å². The second-order valence-corrected chi connectivity index (χ2v) is 15.6. The van der Waals surface area contributed by atoms with E-state index < -0.39 is 0 Å². The summed E-state index contributed by atoms with van der Waals surface area (Å²) in [4.78, 5) is 5.37. The maximum Gasteiger partial charge on any atom is 0.262 e. The first-order valence-corrected chi connectivity index (χ1v) is 18.0. The minimum atomic E-state index is 0.700. The van der Waals surface area contributed by atoms with Gasteiger partial charge in [-0.1, -0.05) is 65.9 Å². The molecule has 1 aromatic heterocycles. The first kappa shape index (κ1) is 26.9. The van der Waals surface area contributed by atoms with Gasteiger partial charge >= 0.3 is 0 Å². The van der Waals surface area contributed by atoms with Crippen LogP contribution in [-0.4, -0.2) is 11.8 Å². The molecule has 5 heteroatoms. The third-order valence-corrected chi connectivity index (χ3v) is 13.1. The highest BCUT2D eigenvalue weighted by molar-refractivity contribution is 8.03. The number of aromatic nitrogens is 1. The molecule has 1 aliphatic heterocycles. The number of benzene rings is 3. The van der Waals surface area contributed by atoms with Crippen molar-refractivity contribution in [3.63, 3.8) is 0 Å². The van der Waals surface area contributed by atoms with Crippen molar-refractivity contribution >= 4 is 67.6 Å². The Balaban J connectivity index is 1.08. The number of nitrogens with zero attached hydrogens (tertiary/aromatic N) is 2. The minimum absolute atomic E-state index is 0.700. The van der Waals surface area contributed by atoms with Crippen LogP contribution in [0, 0.1) is 5.92 Å². The molecule has 0 amide bonds. The number of allylic oxidation sites excluding steroid dienone is 6. The molecule has 3 aliphatic carbocycles. The molecule has 0 N–H and O–H groups in total. The van der Waals surface area contributed by atoms with Gasteiger partial charge in [0, 0.05) is 27.7 Å². The van der Waals surface area contributed by atoms with Crippen LogP contribution in [0.5, 0.6) is 0 Å². The molecule has 3 aromatic carbocycles. The molecule has 1 fully saturated rings. The molecule has 0 bridgehead atoms. The van der Waals surface area contributed by atoms with Crippen LogP contribution < -0.4 is 9.47 Å². The van der Waals surface area contributed by atoms with Crippen molar-refractivity contribution in [2.75, 3.05) is 11.4 Å². The molecule has 2 heterocycles. The van der Waals surface area contributed by atoms with Crippen LogP contribution in [0.25, 0.3) is 27.1 Å². The SMILES string of the molecule is CCN1/C(=C/C2=CC3=C/C(=C/c4sc5ccc6ccccc6c5[n+]4C)CCC3CC2)Sc2ccc(SC3CCC3)cc21. The highest BCUT2D eigenvalue weighted by atomic mass is 32.2. The average molecular weight is 606 g/mol. The van der Waals surface area contributed by atoms with E-state index in [1.807, 2.05) is 23.1 Å². The van der Waals surface area contributed by atoms with E-state index in [1.165, 1.54) is 108 Å². The van der Waals surface area contributed by atoms with Crippen LogP contribution in [-0.2, 0) is 7.05 Å². The van der Waals surface area contributed by atoms with Gasteiger partial charge in [-0.15, -0.1) is 11.8 Å². The Morgan fingerprint density at radius 2 is 1.86 bits per heavy atom. The quantitative estimate of drug-likeness (QED) is 0.209. The summed E-state index contributed by atoms with van der Waals surface area (Å²) in [6.45, 7) is 3.30. The Labute approximate surface area is 261 Å². The van der Waals surface area contributed by atoms with Crippen molar-refractivity contribution in [2.45, 2.75) is 66.9 Å². The summed E-state index contributed by atoms with van der Waals surface area (Å²) in [7, 11) is 2.23. The van der Waals surface area contributed by atoms with E-state index in [2.05, 4.69) is 114 Å². The van der Waals surface area contributed by atoms with Crippen molar-refractivity contribution in [1.82, 2.24) is 0 Å². The number of fused-ring (bicyclic) bond motifs is 5. The van der Waals surface area contributed by atoms with Gasteiger partial charge in [0.25, 0.3) is 5.01 Å². The number of aryl methyl sites for hydroxylation is 1. The standard InChI is InChI=1S/C37H37N2S3/c1-3-39-32-23-30(40-29-8-6-9-29)16-18-33(32)41-36(39)22-25-12-14-26-13-11-24(19-28(26)20-25)21-35-38(2)37-31-10-5-4-7-27(31)15-17-34(37)42-35/h4-5,7,10,15-23,26,29H,3,6,8-9,11-14H2,1-2H3/q+1. The molecule has 1 atom stereocenters. The molecule has 1 saturated carbocycles. The van der Waals surface area contributed by atoms with Gasteiger partial charge in [0.15, 0.2) is 0 Å². The first-order valence-electron chi connectivity index (χ1n) is 15.5. The normalized spacial score (nSPS) is 22.4. The Morgan fingerprint density at radius 3 is 2.71 bits per heavy atom. The summed E-state index contributed by atoms with van der Waals surface area (Å²) in [6, 6.07) is 20.4. The number of rotatable bonds is 5. The summed E-state index contributed by atoms with van der Waals surface area (Å²) < 4.78 is 3.76. The zero-order valence-corrected chi connectivity index (χ0v) is 26.9. The Hall–Kier alpha value is -2.73. The Morgan fingerprint density at radius 1 is 0.976 bits per heavy atom. The Bertz CT molecular complexity index is 1830. The minimum Gasteiger partial charge on any atom is -0.335 e. The van der Waals surface area contributed by atoms with Crippen molar-refractivity contribution < 1.29 is 4.57 Å². The lowest BCUT2D eigenvalue weighted by molar-refractivity contribution is -0.641. The monoisotopic (exact) mass is 605 g/mol. The molecule has 4 aromatic rings. The lowest BCUT2D eigenvalue weighted by atomic mass is 9.77. The molecular weight excluding hydrogens is 569 g/mol. The van der Waals surface area contributed by atoms with Gasteiger partial charge in [0.1, 0.15) is 11.7 Å². The smallest absolute Gasteiger partial charge is 0.262 e. The van der Waals surface area contributed by atoms with Crippen LogP contribution in [0.4, 0.5) is 5.69 Å². The second-order valence-electron chi connectivity index (χ2n) is 12.1. The summed E-state index contributed by atoms with van der Waals surface area (Å²) in [5.74, 6) is 0.700. The first-order chi connectivity index (χ1) is 20.6. The van der Waals surface area contributed by atoms with Crippen LogP contribution in [0.15, 0.2) is 104 Å². The highest BCUT2D eigenvalue weighted by Crippen LogP contribution is 2.49. The fourth-order valence-electron chi connectivity index (χ4n) is 6.90. The lowest BCUT2D eigenvalue weighted by Gasteiger charge is -2.28.